The molecule has 0 unspecified atom stereocenters. The highest BCUT2D eigenvalue weighted by Crippen LogP contribution is 2.38. The second-order valence-electron chi connectivity index (χ2n) is 3.61. The summed E-state index contributed by atoms with van der Waals surface area (Å²) in [6.45, 7) is 0. The fourth-order valence-electron chi connectivity index (χ4n) is 1.70. The third kappa shape index (κ3) is 1.43. The van der Waals surface area contributed by atoms with Crippen LogP contribution in [0.3, 0.4) is 0 Å². The Hall–Kier alpha value is -1.00. The Kier molecular flexibility index (Phi) is 1.82. The van der Waals surface area contributed by atoms with Crippen LogP contribution in [0.1, 0.15) is 18.4 Å². The van der Waals surface area contributed by atoms with Gasteiger partial charge in [-0.1, -0.05) is 0 Å². The van der Waals surface area contributed by atoms with Crippen molar-refractivity contribution < 1.29 is 9.50 Å². The van der Waals surface area contributed by atoms with Gasteiger partial charge in [0, 0.05) is 11.7 Å². The van der Waals surface area contributed by atoms with Crippen molar-refractivity contribution in [2.24, 2.45) is 5.73 Å². The third-order valence-electron chi connectivity index (χ3n) is 2.48. The van der Waals surface area contributed by atoms with Gasteiger partial charge in [-0.2, -0.15) is 0 Å². The summed E-state index contributed by atoms with van der Waals surface area (Å²) in [7, 11) is 0. The molecule has 0 aliphatic heterocycles. The van der Waals surface area contributed by atoms with Crippen LogP contribution < -0.4 is 5.73 Å². The zero-order valence-corrected chi connectivity index (χ0v) is 7.07. The van der Waals surface area contributed by atoms with E-state index in [9.17, 15) is 4.39 Å². The highest BCUT2D eigenvalue weighted by Gasteiger charge is 2.41. The summed E-state index contributed by atoms with van der Waals surface area (Å²) in [5.41, 5.74) is 6.01. The van der Waals surface area contributed by atoms with Crippen LogP contribution in [0.4, 0.5) is 4.39 Å². The zero-order chi connectivity index (χ0) is 9.47. The molecule has 70 valence electrons. The molecule has 0 spiro atoms. The largest absolute Gasteiger partial charge is 0.393 e. The summed E-state index contributed by atoms with van der Waals surface area (Å²) in [5.74, 6) is -0.385. The molecule has 0 radical (unpaired) electrons. The van der Waals surface area contributed by atoms with Gasteiger partial charge in [0.05, 0.1) is 12.3 Å². The lowest BCUT2D eigenvalue weighted by Crippen LogP contribution is -2.51. The van der Waals surface area contributed by atoms with Gasteiger partial charge in [0.15, 0.2) is 0 Å². The first-order chi connectivity index (χ1) is 6.10. The van der Waals surface area contributed by atoms with Gasteiger partial charge in [-0.3, -0.25) is 4.98 Å². The highest BCUT2D eigenvalue weighted by molar-refractivity contribution is 5.24. The Balaban J connectivity index is 2.26. The lowest BCUT2D eigenvalue weighted by atomic mass is 9.71. The van der Waals surface area contributed by atoms with Gasteiger partial charge in [0.2, 0.25) is 0 Å². The van der Waals surface area contributed by atoms with E-state index in [2.05, 4.69) is 4.98 Å². The topological polar surface area (TPSA) is 59.1 Å². The van der Waals surface area contributed by atoms with Crippen LogP contribution in [0.5, 0.6) is 0 Å². The Morgan fingerprint density at radius 3 is 2.77 bits per heavy atom. The first-order valence-corrected chi connectivity index (χ1v) is 4.18. The number of aromatic nitrogens is 1. The molecule has 13 heavy (non-hydrogen) atoms. The molecular formula is C9H11FN2O. The van der Waals surface area contributed by atoms with Crippen LogP contribution in [0.15, 0.2) is 18.5 Å². The first kappa shape index (κ1) is 8.59. The van der Waals surface area contributed by atoms with E-state index in [1.807, 2.05) is 0 Å². The molecule has 0 amide bonds. The molecule has 1 aliphatic rings. The lowest BCUT2D eigenvalue weighted by Gasteiger charge is -2.42. The average Bonchev–Trinajstić information content (AvgIpc) is 2.02. The molecule has 3 nitrogen and oxygen atoms in total. The van der Waals surface area contributed by atoms with Gasteiger partial charge in [0.1, 0.15) is 5.82 Å². The molecule has 3 N–H and O–H groups in total. The summed E-state index contributed by atoms with van der Waals surface area (Å²) in [6.07, 6.45) is 3.31. The van der Waals surface area contributed by atoms with Gasteiger partial charge in [-0.25, -0.2) is 4.39 Å². The molecule has 1 aromatic heterocycles. The number of halogens is 1. The number of hydrogen-bond acceptors (Lipinski definition) is 3. The van der Waals surface area contributed by atoms with Crippen LogP contribution >= 0.6 is 0 Å². The molecule has 0 bridgehead atoms. The number of nitrogens with two attached hydrogens (primary N) is 1. The van der Waals surface area contributed by atoms with Gasteiger partial charge in [-0.15, -0.1) is 0 Å². The van der Waals surface area contributed by atoms with E-state index in [-0.39, 0.29) is 11.9 Å². The van der Waals surface area contributed by atoms with Crippen LogP contribution in [-0.2, 0) is 5.54 Å². The van der Waals surface area contributed by atoms with Gasteiger partial charge >= 0.3 is 0 Å². The van der Waals surface area contributed by atoms with Crippen LogP contribution in [0.25, 0.3) is 0 Å². The molecule has 0 saturated heterocycles. The van der Waals surface area contributed by atoms with Crippen LogP contribution in [-0.4, -0.2) is 16.2 Å². The van der Waals surface area contributed by atoms with Crippen LogP contribution in [0.2, 0.25) is 0 Å². The molecule has 0 aromatic carbocycles. The molecule has 1 aliphatic carbocycles. The summed E-state index contributed by atoms with van der Waals surface area (Å²) in [5, 5.41) is 9.12. The predicted molar refractivity (Wildman–Crippen MR) is 45.3 cm³/mol. The minimum atomic E-state index is -0.575. The molecule has 2 rings (SSSR count). The first-order valence-electron chi connectivity index (χ1n) is 4.18. The average molecular weight is 182 g/mol. The Morgan fingerprint density at radius 1 is 1.54 bits per heavy atom. The van der Waals surface area contributed by atoms with E-state index < -0.39 is 5.54 Å². The van der Waals surface area contributed by atoms with E-state index in [0.29, 0.717) is 18.4 Å². The molecule has 1 aromatic rings. The van der Waals surface area contributed by atoms with Crippen molar-refractivity contribution in [2.75, 3.05) is 0 Å². The number of rotatable bonds is 1. The van der Waals surface area contributed by atoms with Crippen LogP contribution in [0, 0.1) is 5.82 Å². The van der Waals surface area contributed by atoms with E-state index >= 15 is 0 Å². The quantitative estimate of drug-likeness (QED) is 0.666. The monoisotopic (exact) mass is 182 g/mol. The van der Waals surface area contributed by atoms with E-state index in [1.54, 1.807) is 6.20 Å². The van der Waals surface area contributed by atoms with Gasteiger partial charge in [0.25, 0.3) is 0 Å². The number of hydrogen-bond donors (Lipinski definition) is 2. The highest BCUT2D eigenvalue weighted by atomic mass is 19.1. The predicted octanol–water partition coefficient (Wildman–Crippen LogP) is 0.529. The summed E-state index contributed by atoms with van der Waals surface area (Å²) in [6, 6.07) is 1.37. The lowest BCUT2D eigenvalue weighted by molar-refractivity contribution is 0.0206. The SMILES string of the molecule is NC1(c2cncc(F)c2)CC(O)C1. The summed E-state index contributed by atoms with van der Waals surface area (Å²) in [4.78, 5) is 3.72. The van der Waals surface area contributed by atoms with E-state index in [1.165, 1.54) is 6.07 Å². The fourth-order valence-corrected chi connectivity index (χ4v) is 1.70. The third-order valence-corrected chi connectivity index (χ3v) is 2.48. The Bertz CT molecular complexity index is 323. The minimum absolute atomic E-state index is 0.353. The van der Waals surface area contributed by atoms with Crippen molar-refractivity contribution in [3.05, 3.63) is 29.8 Å². The molecule has 1 heterocycles. The maximum Gasteiger partial charge on any atom is 0.141 e. The van der Waals surface area contributed by atoms with Crippen molar-refractivity contribution in [3.8, 4) is 0 Å². The molecule has 1 saturated carbocycles. The number of nitrogens with zero attached hydrogens (tertiary/aromatic N) is 1. The molecule has 0 atom stereocenters. The normalized spacial score (nSPS) is 32.7. The summed E-state index contributed by atoms with van der Waals surface area (Å²) < 4.78 is 12.8. The van der Waals surface area contributed by atoms with Crippen molar-refractivity contribution in [1.82, 2.24) is 4.98 Å². The number of pyridine rings is 1. The number of aliphatic hydroxyl groups excluding tert-OH is 1. The second kappa shape index (κ2) is 2.75. The van der Waals surface area contributed by atoms with Crippen molar-refractivity contribution >= 4 is 0 Å². The van der Waals surface area contributed by atoms with E-state index in [0.717, 1.165) is 6.20 Å². The maximum atomic E-state index is 12.8. The Morgan fingerprint density at radius 2 is 2.23 bits per heavy atom. The standard InChI is InChI=1S/C9H11FN2O/c10-7-1-6(4-12-5-7)9(11)2-8(13)3-9/h1,4-5,8,13H,2-3,11H2. The minimum Gasteiger partial charge on any atom is -0.393 e. The number of aliphatic hydroxyl groups is 1. The van der Waals surface area contributed by atoms with Crippen molar-refractivity contribution in [2.45, 2.75) is 24.5 Å². The fraction of sp³-hybridized carbons (Fsp3) is 0.444. The Labute approximate surface area is 75.4 Å². The molecule has 4 heteroatoms. The second-order valence-corrected chi connectivity index (χ2v) is 3.61. The van der Waals surface area contributed by atoms with Gasteiger partial charge in [-0.05, 0) is 24.5 Å². The summed E-state index contributed by atoms with van der Waals surface area (Å²) >= 11 is 0. The van der Waals surface area contributed by atoms with E-state index in [4.69, 9.17) is 10.8 Å². The maximum absolute atomic E-state index is 12.8. The zero-order valence-electron chi connectivity index (χ0n) is 7.07. The smallest absolute Gasteiger partial charge is 0.141 e. The van der Waals surface area contributed by atoms with Crippen molar-refractivity contribution in [3.63, 3.8) is 0 Å². The van der Waals surface area contributed by atoms with Gasteiger partial charge < -0.3 is 10.8 Å². The molecular weight excluding hydrogens is 171 g/mol. The van der Waals surface area contributed by atoms with Crippen molar-refractivity contribution in [1.29, 1.82) is 0 Å². The molecule has 1 fully saturated rings.